The monoisotopic (exact) mass is 610 g/mol. The maximum atomic E-state index is 12.3. The first-order valence-electron chi connectivity index (χ1n) is 13.3. The van der Waals surface area contributed by atoms with Gasteiger partial charge in [0.1, 0.15) is 0 Å². The van der Waals surface area contributed by atoms with Crippen LogP contribution in [-0.2, 0) is 22.3 Å². The molecule has 0 saturated carbocycles. The van der Waals surface area contributed by atoms with Crippen LogP contribution in [0.25, 0.3) is 0 Å². The van der Waals surface area contributed by atoms with Crippen molar-refractivity contribution in [2.45, 2.75) is 58.6 Å². The molecule has 0 bridgehead atoms. The van der Waals surface area contributed by atoms with E-state index in [4.69, 9.17) is 9.47 Å². The molecule has 0 saturated heterocycles. The van der Waals surface area contributed by atoms with E-state index in [1.54, 1.807) is 24.4 Å². The summed E-state index contributed by atoms with van der Waals surface area (Å²) in [5.41, 5.74) is 3.84. The number of carbonyl (C=O) groups is 3. The van der Waals surface area contributed by atoms with E-state index in [1.165, 1.54) is 37.9 Å². The summed E-state index contributed by atoms with van der Waals surface area (Å²) in [4.78, 5) is 40.6. The number of pyridine rings is 1. The predicted octanol–water partition coefficient (Wildman–Crippen LogP) is 7.08. The molecule has 1 aromatic heterocycles. The number of ether oxygens (including phenoxy) is 2. The summed E-state index contributed by atoms with van der Waals surface area (Å²) in [5.74, 6) is -0.266. The number of nitrogens with one attached hydrogen (secondary N) is 3. The Morgan fingerprint density at radius 3 is 2.15 bits per heavy atom. The zero-order chi connectivity index (χ0) is 28.7. The van der Waals surface area contributed by atoms with Crippen LogP contribution in [0.15, 0.2) is 71.5 Å². The minimum atomic E-state index is -0.881. The largest absolute Gasteiger partial charge is 0.449 e. The number of carbonyl (C=O) groups excluding carboxylic acids is 3. The van der Waals surface area contributed by atoms with E-state index in [-0.39, 0.29) is 12.5 Å². The minimum Gasteiger partial charge on any atom is -0.449 e. The van der Waals surface area contributed by atoms with Crippen molar-refractivity contribution in [3.63, 3.8) is 0 Å². The van der Waals surface area contributed by atoms with Crippen LogP contribution in [0.2, 0.25) is 0 Å². The van der Waals surface area contributed by atoms with Gasteiger partial charge in [0, 0.05) is 34.7 Å². The van der Waals surface area contributed by atoms with Gasteiger partial charge in [-0.1, -0.05) is 50.5 Å². The first kappa shape index (κ1) is 30.6. The summed E-state index contributed by atoms with van der Waals surface area (Å²) in [6, 6.07) is 16.6. The number of benzene rings is 2. The van der Waals surface area contributed by atoms with Gasteiger partial charge in [0.05, 0.1) is 12.2 Å². The average Bonchev–Trinajstić information content (AvgIpc) is 2.93. The molecule has 9 nitrogen and oxygen atoms in total. The molecule has 0 aliphatic heterocycles. The van der Waals surface area contributed by atoms with Crippen LogP contribution in [-0.4, -0.2) is 35.9 Å². The highest BCUT2D eigenvalue weighted by atomic mass is 79.9. The SMILES string of the molecule is CCCCCCc1ccc(NC(=O)OC(C)NC(=O)OCCc2ccc(NC(=O)c3cncc(Br)c3)cc2)cc1. The van der Waals surface area contributed by atoms with E-state index >= 15 is 0 Å². The van der Waals surface area contributed by atoms with Crippen molar-refractivity contribution in [3.8, 4) is 0 Å². The molecule has 2 aromatic carbocycles. The molecule has 0 radical (unpaired) electrons. The molecule has 1 atom stereocenters. The van der Waals surface area contributed by atoms with Crippen LogP contribution >= 0.6 is 15.9 Å². The Kier molecular flexibility index (Phi) is 12.4. The number of amides is 3. The van der Waals surface area contributed by atoms with Crippen molar-refractivity contribution in [1.29, 1.82) is 0 Å². The lowest BCUT2D eigenvalue weighted by Gasteiger charge is -2.15. The van der Waals surface area contributed by atoms with Gasteiger partial charge in [-0.2, -0.15) is 0 Å². The Morgan fingerprint density at radius 1 is 0.850 bits per heavy atom. The number of aromatic nitrogens is 1. The van der Waals surface area contributed by atoms with Gasteiger partial charge in [0.2, 0.25) is 0 Å². The van der Waals surface area contributed by atoms with Crippen LogP contribution < -0.4 is 16.0 Å². The fourth-order valence-corrected chi connectivity index (χ4v) is 4.18. The molecule has 1 heterocycles. The minimum absolute atomic E-state index is 0.130. The fourth-order valence-electron chi connectivity index (χ4n) is 3.81. The van der Waals surface area contributed by atoms with Gasteiger partial charge in [-0.25, -0.2) is 9.59 Å². The Bertz CT molecular complexity index is 1250. The molecule has 0 aliphatic carbocycles. The first-order valence-corrected chi connectivity index (χ1v) is 14.1. The molecule has 0 spiro atoms. The second kappa shape index (κ2) is 16.2. The standard InChI is InChI=1S/C30H35BrN4O5/c1-3-4-5-6-7-22-8-14-27(15-9-22)35-30(38)40-21(2)33-29(37)39-17-16-23-10-12-26(13-11-23)34-28(36)24-18-25(31)20-32-19-24/h8-15,18-21H,3-7,16-17H2,1-2H3,(H,33,37)(H,34,36)(H,35,38). The van der Waals surface area contributed by atoms with Gasteiger partial charge in [0.25, 0.3) is 5.91 Å². The Labute approximate surface area is 243 Å². The summed E-state index contributed by atoms with van der Waals surface area (Å²) in [6.07, 6.45) is 7.16. The summed E-state index contributed by atoms with van der Waals surface area (Å²) < 4.78 is 11.1. The highest BCUT2D eigenvalue weighted by Crippen LogP contribution is 2.15. The lowest BCUT2D eigenvalue weighted by molar-refractivity contribution is 0.0854. The van der Waals surface area contributed by atoms with Crippen LogP contribution in [0.1, 0.15) is 61.0 Å². The van der Waals surface area contributed by atoms with Gasteiger partial charge in [-0.3, -0.25) is 20.4 Å². The van der Waals surface area contributed by atoms with Crippen LogP contribution in [0.5, 0.6) is 0 Å². The van der Waals surface area contributed by atoms with Crippen LogP contribution in [0, 0.1) is 0 Å². The van der Waals surface area contributed by atoms with Crippen molar-refractivity contribution in [2.24, 2.45) is 0 Å². The molecule has 0 aliphatic rings. The Hall–Kier alpha value is -3.92. The molecule has 3 rings (SSSR count). The van der Waals surface area contributed by atoms with E-state index in [9.17, 15) is 14.4 Å². The number of nitrogens with zero attached hydrogens (tertiary/aromatic N) is 1. The normalized spacial score (nSPS) is 11.3. The van der Waals surface area contributed by atoms with Gasteiger partial charge in [-0.05, 0) is 77.2 Å². The predicted molar refractivity (Wildman–Crippen MR) is 158 cm³/mol. The van der Waals surface area contributed by atoms with Gasteiger partial charge in [-0.15, -0.1) is 0 Å². The number of rotatable bonds is 13. The average molecular weight is 612 g/mol. The van der Waals surface area contributed by atoms with E-state index in [1.807, 2.05) is 36.4 Å². The highest BCUT2D eigenvalue weighted by Gasteiger charge is 2.13. The Morgan fingerprint density at radius 2 is 1.50 bits per heavy atom. The molecular formula is C30H35BrN4O5. The fraction of sp³-hybridized carbons (Fsp3) is 0.333. The third-order valence-electron chi connectivity index (χ3n) is 5.93. The molecule has 10 heteroatoms. The van der Waals surface area contributed by atoms with E-state index < -0.39 is 18.4 Å². The molecule has 40 heavy (non-hydrogen) atoms. The zero-order valence-electron chi connectivity index (χ0n) is 22.7. The second-order valence-electron chi connectivity index (χ2n) is 9.25. The lowest BCUT2D eigenvalue weighted by Crippen LogP contribution is -2.37. The quantitative estimate of drug-likeness (QED) is 0.140. The molecule has 0 fully saturated rings. The van der Waals surface area contributed by atoms with Crippen molar-refractivity contribution < 1.29 is 23.9 Å². The van der Waals surface area contributed by atoms with Gasteiger partial charge < -0.3 is 14.8 Å². The topological polar surface area (TPSA) is 119 Å². The molecule has 3 N–H and O–H groups in total. The van der Waals surface area contributed by atoms with Gasteiger partial charge >= 0.3 is 12.2 Å². The second-order valence-corrected chi connectivity index (χ2v) is 10.2. The van der Waals surface area contributed by atoms with Crippen LogP contribution in [0.3, 0.4) is 0 Å². The number of anilines is 2. The number of hydrogen-bond acceptors (Lipinski definition) is 6. The third kappa shape index (κ3) is 11.1. The summed E-state index contributed by atoms with van der Waals surface area (Å²) in [6.45, 7) is 3.86. The zero-order valence-corrected chi connectivity index (χ0v) is 24.3. The molecule has 3 aromatic rings. The van der Waals surface area contributed by atoms with Crippen molar-refractivity contribution >= 4 is 45.4 Å². The van der Waals surface area contributed by atoms with Crippen molar-refractivity contribution in [2.75, 3.05) is 17.2 Å². The van der Waals surface area contributed by atoms with Gasteiger partial charge in [0.15, 0.2) is 6.23 Å². The van der Waals surface area contributed by atoms with E-state index in [2.05, 4.69) is 43.8 Å². The molecule has 3 amide bonds. The number of hydrogen-bond donors (Lipinski definition) is 3. The van der Waals surface area contributed by atoms with E-state index in [0.29, 0.717) is 23.4 Å². The number of unbranched alkanes of at least 4 members (excludes halogenated alkanes) is 3. The first-order chi connectivity index (χ1) is 19.3. The highest BCUT2D eigenvalue weighted by molar-refractivity contribution is 9.10. The molecule has 1 unspecified atom stereocenters. The van der Waals surface area contributed by atoms with Crippen LogP contribution in [0.4, 0.5) is 21.0 Å². The third-order valence-corrected chi connectivity index (χ3v) is 6.36. The van der Waals surface area contributed by atoms with Crippen molar-refractivity contribution in [3.05, 3.63) is 88.2 Å². The van der Waals surface area contributed by atoms with Crippen molar-refractivity contribution in [1.82, 2.24) is 10.3 Å². The molecular weight excluding hydrogens is 576 g/mol. The van der Waals surface area contributed by atoms with E-state index in [0.717, 1.165) is 22.9 Å². The summed E-state index contributed by atoms with van der Waals surface area (Å²) >= 11 is 3.30. The number of alkyl carbamates (subject to hydrolysis) is 1. The number of aryl methyl sites for hydroxylation is 1. The number of halogens is 1. The Balaban J connectivity index is 1.32. The summed E-state index contributed by atoms with van der Waals surface area (Å²) in [5, 5.41) is 7.94. The maximum absolute atomic E-state index is 12.3. The lowest BCUT2D eigenvalue weighted by atomic mass is 10.1. The summed E-state index contributed by atoms with van der Waals surface area (Å²) in [7, 11) is 0. The smallest absolute Gasteiger partial charge is 0.413 e. The molecule has 212 valence electrons. The maximum Gasteiger partial charge on any atom is 0.413 e.